The van der Waals surface area contributed by atoms with Gasteiger partial charge in [-0.2, -0.15) is 0 Å². The molecule has 0 fully saturated rings. The van der Waals surface area contributed by atoms with Gasteiger partial charge >= 0.3 is 0 Å². The van der Waals surface area contributed by atoms with E-state index in [9.17, 15) is 0 Å². The molecule has 0 spiro atoms. The van der Waals surface area contributed by atoms with E-state index in [2.05, 4.69) is 64.9 Å². The molecule has 0 saturated heterocycles. The fourth-order valence-electron chi connectivity index (χ4n) is 3.06. The molecule has 2 nitrogen and oxygen atoms in total. The number of rotatable bonds is 1. The summed E-state index contributed by atoms with van der Waals surface area (Å²) in [7, 11) is 0. The first-order chi connectivity index (χ1) is 9.42. The molecule has 2 aromatic carbocycles. The molecule has 0 saturated carbocycles. The molecule has 0 unspecified atom stereocenters. The molecule has 4 rings (SSSR count). The lowest BCUT2D eigenvalue weighted by molar-refractivity contribution is 0.585. The highest BCUT2D eigenvalue weighted by Gasteiger charge is 2.22. The van der Waals surface area contributed by atoms with Gasteiger partial charge in [0.2, 0.25) is 0 Å². The van der Waals surface area contributed by atoms with E-state index in [1.807, 2.05) is 0 Å². The SMILES string of the molecule is c1ccc2c(c1)CNC[C@@H]2c1cc2ccccc2[nH]1. The van der Waals surface area contributed by atoms with Gasteiger partial charge in [0.05, 0.1) is 0 Å². The van der Waals surface area contributed by atoms with E-state index < -0.39 is 0 Å². The van der Waals surface area contributed by atoms with Gasteiger partial charge in [0.15, 0.2) is 0 Å². The molecule has 0 radical (unpaired) electrons. The minimum atomic E-state index is 0.428. The summed E-state index contributed by atoms with van der Waals surface area (Å²) in [6, 6.07) is 19.5. The molecule has 2 N–H and O–H groups in total. The predicted molar refractivity (Wildman–Crippen MR) is 78.3 cm³/mol. The van der Waals surface area contributed by atoms with Crippen LogP contribution in [-0.2, 0) is 6.54 Å². The van der Waals surface area contributed by atoms with Crippen molar-refractivity contribution in [3.8, 4) is 0 Å². The molecule has 0 bridgehead atoms. The van der Waals surface area contributed by atoms with E-state index >= 15 is 0 Å². The van der Waals surface area contributed by atoms with Gasteiger partial charge in [-0.05, 0) is 28.6 Å². The highest BCUT2D eigenvalue weighted by atomic mass is 14.9. The van der Waals surface area contributed by atoms with Gasteiger partial charge in [0.25, 0.3) is 0 Å². The van der Waals surface area contributed by atoms with Crippen LogP contribution in [0.15, 0.2) is 54.6 Å². The van der Waals surface area contributed by atoms with Crippen molar-refractivity contribution in [1.82, 2.24) is 10.3 Å². The molecule has 1 atom stereocenters. The van der Waals surface area contributed by atoms with E-state index in [4.69, 9.17) is 0 Å². The van der Waals surface area contributed by atoms with Crippen molar-refractivity contribution in [3.05, 3.63) is 71.4 Å². The molecular weight excluding hydrogens is 232 g/mol. The van der Waals surface area contributed by atoms with E-state index in [0.29, 0.717) is 5.92 Å². The molecule has 94 valence electrons. The summed E-state index contributed by atoms with van der Waals surface area (Å²) in [6.45, 7) is 1.98. The average molecular weight is 248 g/mol. The Hall–Kier alpha value is -2.06. The van der Waals surface area contributed by atoms with Gasteiger partial charge in [-0.25, -0.2) is 0 Å². The zero-order valence-corrected chi connectivity index (χ0v) is 10.7. The second-order valence-corrected chi connectivity index (χ2v) is 5.19. The Morgan fingerprint density at radius 1 is 0.947 bits per heavy atom. The molecule has 1 aromatic heterocycles. The van der Waals surface area contributed by atoms with Crippen molar-refractivity contribution in [2.24, 2.45) is 0 Å². The van der Waals surface area contributed by atoms with Gasteiger partial charge < -0.3 is 10.3 Å². The predicted octanol–water partition coefficient (Wildman–Crippen LogP) is 3.40. The molecule has 2 heteroatoms. The van der Waals surface area contributed by atoms with Crippen LogP contribution >= 0.6 is 0 Å². The number of H-pyrrole nitrogens is 1. The topological polar surface area (TPSA) is 27.8 Å². The van der Waals surface area contributed by atoms with E-state index in [0.717, 1.165) is 13.1 Å². The third-order valence-electron chi connectivity index (χ3n) is 4.02. The largest absolute Gasteiger partial charge is 0.358 e. The lowest BCUT2D eigenvalue weighted by Crippen LogP contribution is -2.28. The minimum Gasteiger partial charge on any atom is -0.358 e. The minimum absolute atomic E-state index is 0.428. The molecular formula is C17H16N2. The first kappa shape index (κ1) is 10.8. The number of hydrogen-bond acceptors (Lipinski definition) is 1. The van der Waals surface area contributed by atoms with Gasteiger partial charge in [-0.3, -0.25) is 0 Å². The monoisotopic (exact) mass is 248 g/mol. The fraction of sp³-hybridized carbons (Fsp3) is 0.176. The van der Waals surface area contributed by atoms with Gasteiger partial charge in [-0.15, -0.1) is 0 Å². The number of aromatic amines is 1. The Bertz CT molecular complexity index is 694. The van der Waals surface area contributed by atoms with Crippen LogP contribution in [0.1, 0.15) is 22.7 Å². The summed E-state index contributed by atoms with van der Waals surface area (Å²) in [4.78, 5) is 3.57. The highest BCUT2D eigenvalue weighted by Crippen LogP contribution is 2.31. The van der Waals surface area contributed by atoms with Gasteiger partial charge in [0, 0.05) is 30.2 Å². The first-order valence-corrected chi connectivity index (χ1v) is 6.78. The molecule has 1 aliphatic heterocycles. The quantitative estimate of drug-likeness (QED) is 0.678. The maximum atomic E-state index is 3.57. The van der Waals surface area contributed by atoms with Crippen LogP contribution in [0.2, 0.25) is 0 Å². The van der Waals surface area contributed by atoms with E-state index in [-0.39, 0.29) is 0 Å². The van der Waals surface area contributed by atoms with Crippen molar-refractivity contribution in [1.29, 1.82) is 0 Å². The molecule has 3 aromatic rings. The number of para-hydroxylation sites is 1. The second kappa shape index (κ2) is 4.25. The van der Waals surface area contributed by atoms with Crippen molar-refractivity contribution < 1.29 is 0 Å². The number of hydrogen-bond donors (Lipinski definition) is 2. The first-order valence-electron chi connectivity index (χ1n) is 6.78. The average Bonchev–Trinajstić information content (AvgIpc) is 2.90. The summed E-state index contributed by atoms with van der Waals surface area (Å²) >= 11 is 0. The molecule has 19 heavy (non-hydrogen) atoms. The Balaban J connectivity index is 1.85. The number of benzene rings is 2. The lowest BCUT2D eigenvalue weighted by atomic mass is 9.88. The maximum absolute atomic E-state index is 3.57. The van der Waals surface area contributed by atoms with E-state index in [1.165, 1.54) is 27.7 Å². The van der Waals surface area contributed by atoms with Crippen LogP contribution < -0.4 is 5.32 Å². The zero-order valence-electron chi connectivity index (χ0n) is 10.7. The van der Waals surface area contributed by atoms with Crippen LogP contribution in [0.25, 0.3) is 10.9 Å². The number of nitrogens with one attached hydrogen (secondary N) is 2. The molecule has 0 amide bonds. The Labute approximate surface area is 112 Å². The third kappa shape index (κ3) is 1.76. The smallest absolute Gasteiger partial charge is 0.0456 e. The summed E-state index contributed by atoms with van der Waals surface area (Å²) in [5.41, 5.74) is 5.40. The summed E-state index contributed by atoms with van der Waals surface area (Å²) in [5, 5.41) is 4.81. The lowest BCUT2D eigenvalue weighted by Gasteiger charge is -2.25. The summed E-state index contributed by atoms with van der Waals surface area (Å²) < 4.78 is 0. The van der Waals surface area contributed by atoms with Gasteiger partial charge in [-0.1, -0.05) is 42.5 Å². The van der Waals surface area contributed by atoms with Crippen molar-refractivity contribution in [2.75, 3.05) is 6.54 Å². The number of aromatic nitrogens is 1. The molecule has 1 aliphatic rings. The van der Waals surface area contributed by atoms with Crippen LogP contribution in [0, 0.1) is 0 Å². The van der Waals surface area contributed by atoms with E-state index in [1.54, 1.807) is 0 Å². The third-order valence-corrected chi connectivity index (χ3v) is 4.02. The molecule has 0 aliphatic carbocycles. The van der Waals surface area contributed by atoms with Gasteiger partial charge in [0.1, 0.15) is 0 Å². The Morgan fingerprint density at radius 3 is 2.74 bits per heavy atom. The standard InChI is InChI=1S/C17H16N2/c1-3-7-14-13(6-1)10-18-11-15(14)17-9-12-5-2-4-8-16(12)19-17/h1-9,15,18-19H,10-11H2/t15-/m0/s1. The second-order valence-electron chi connectivity index (χ2n) is 5.19. The normalized spacial score (nSPS) is 18.4. The number of fused-ring (bicyclic) bond motifs is 2. The Kier molecular flexibility index (Phi) is 2.42. The van der Waals surface area contributed by atoms with Crippen LogP contribution in [0.3, 0.4) is 0 Å². The zero-order chi connectivity index (χ0) is 12.7. The summed E-state index contributed by atoms with van der Waals surface area (Å²) in [5.74, 6) is 0.428. The Morgan fingerprint density at radius 2 is 1.79 bits per heavy atom. The van der Waals surface area contributed by atoms with Crippen LogP contribution in [0.5, 0.6) is 0 Å². The summed E-state index contributed by atoms with van der Waals surface area (Å²) in [6.07, 6.45) is 0. The van der Waals surface area contributed by atoms with Crippen LogP contribution in [0.4, 0.5) is 0 Å². The van der Waals surface area contributed by atoms with Crippen molar-refractivity contribution in [2.45, 2.75) is 12.5 Å². The van der Waals surface area contributed by atoms with Crippen LogP contribution in [-0.4, -0.2) is 11.5 Å². The van der Waals surface area contributed by atoms with Crippen molar-refractivity contribution in [3.63, 3.8) is 0 Å². The highest BCUT2D eigenvalue weighted by molar-refractivity contribution is 5.80. The maximum Gasteiger partial charge on any atom is 0.0456 e. The molecule has 2 heterocycles. The van der Waals surface area contributed by atoms with Crippen molar-refractivity contribution >= 4 is 10.9 Å². The fourth-order valence-corrected chi connectivity index (χ4v) is 3.06.